The Hall–Kier alpha value is -2.86. The van der Waals surface area contributed by atoms with E-state index in [4.69, 9.17) is 30.7 Å². The molecule has 7 heteroatoms. The minimum atomic E-state index is 0.0300. The van der Waals surface area contributed by atoms with Crippen molar-refractivity contribution in [2.45, 2.75) is 12.8 Å². The molecule has 6 nitrogen and oxygen atoms in total. The Kier molecular flexibility index (Phi) is 5.99. The van der Waals surface area contributed by atoms with Crippen LogP contribution >= 0.6 is 11.8 Å². The van der Waals surface area contributed by atoms with Crippen molar-refractivity contribution in [1.82, 2.24) is 0 Å². The largest absolute Gasteiger partial charge is 0.495 e. The van der Waals surface area contributed by atoms with Crippen molar-refractivity contribution in [3.8, 4) is 23.0 Å². The highest BCUT2D eigenvalue weighted by Crippen LogP contribution is 2.46. The van der Waals surface area contributed by atoms with E-state index in [9.17, 15) is 4.79 Å². The smallest absolute Gasteiger partial charge is 0.203 e. The number of methoxy groups -OCH3 is 4. The monoisotopic (exact) mass is 403 g/mol. The van der Waals surface area contributed by atoms with Crippen LogP contribution in [-0.2, 0) is 11.2 Å². The lowest BCUT2D eigenvalue weighted by atomic mass is 9.92. The number of halogens is 1. The first-order valence-corrected chi connectivity index (χ1v) is 9.07. The average molecular weight is 404 g/mol. The molecule has 0 spiro atoms. The minimum Gasteiger partial charge on any atom is -0.495 e. The van der Waals surface area contributed by atoms with E-state index in [2.05, 4.69) is 4.84 Å². The number of hydrogen-bond donors (Lipinski definition) is 1. The summed E-state index contributed by atoms with van der Waals surface area (Å²) in [6.45, 7) is 0. The highest BCUT2D eigenvalue weighted by Gasteiger charge is 2.26. The molecule has 2 aromatic carbocycles. The Balaban J connectivity index is 2.28. The van der Waals surface area contributed by atoms with E-state index in [1.54, 1.807) is 40.6 Å². The first-order valence-electron chi connectivity index (χ1n) is 8.69. The number of carbonyl (C=O) groups is 1. The lowest BCUT2D eigenvalue weighted by Gasteiger charge is -2.20. The Labute approximate surface area is 169 Å². The van der Waals surface area contributed by atoms with Crippen LogP contribution in [0.1, 0.15) is 23.1 Å². The number of carbonyl (C=O) groups excluding carboxylic acids is 1. The highest BCUT2D eigenvalue weighted by molar-refractivity contribution is 6.24. The van der Waals surface area contributed by atoms with Gasteiger partial charge in [-0.2, -0.15) is 0 Å². The Bertz CT molecular complexity index is 939. The molecule has 0 saturated carbocycles. The van der Waals surface area contributed by atoms with E-state index < -0.39 is 0 Å². The maximum absolute atomic E-state index is 12.5. The van der Waals surface area contributed by atoms with E-state index >= 15 is 0 Å². The lowest BCUT2D eigenvalue weighted by Crippen LogP contribution is -2.03. The first kappa shape index (κ1) is 19.9. The zero-order valence-corrected chi connectivity index (χ0v) is 17.0. The summed E-state index contributed by atoms with van der Waals surface area (Å²) in [5.41, 5.74) is 3.93. The fourth-order valence-corrected chi connectivity index (χ4v) is 3.60. The highest BCUT2D eigenvalue weighted by atomic mass is 35.5. The normalized spacial score (nSPS) is 13.2. The lowest BCUT2D eigenvalue weighted by molar-refractivity contribution is -0.114. The summed E-state index contributed by atoms with van der Waals surface area (Å²) in [5, 5.41) is 0. The standard InChI is InChI=1S/C21H22ClNO5/c1-25-18-8-5-12(9-17(18)23-22)15-10-13(24)6-7-14-16(15)11-19(26-2)21(28-4)20(14)27-3/h5,8-11,23H,6-7H2,1-4H3. The fraction of sp³-hybridized carbons (Fsp3) is 0.286. The molecule has 1 aliphatic carbocycles. The molecule has 0 aliphatic heterocycles. The molecule has 0 fully saturated rings. The van der Waals surface area contributed by atoms with Crippen LogP contribution in [0, 0.1) is 0 Å². The average Bonchev–Trinajstić information content (AvgIpc) is 2.90. The van der Waals surface area contributed by atoms with E-state index in [0.717, 1.165) is 22.3 Å². The van der Waals surface area contributed by atoms with Gasteiger partial charge in [0.25, 0.3) is 0 Å². The zero-order chi connectivity index (χ0) is 20.3. The van der Waals surface area contributed by atoms with Crippen LogP contribution in [-0.4, -0.2) is 34.2 Å². The molecule has 2 aromatic rings. The summed E-state index contributed by atoms with van der Waals surface area (Å²) in [7, 11) is 6.28. The second-order valence-corrected chi connectivity index (χ2v) is 6.39. The SMILES string of the molecule is COc1ccc(C2=CC(=O)CCc3c2cc(OC)c(OC)c3OC)cc1NCl. The number of anilines is 1. The van der Waals surface area contributed by atoms with Crippen molar-refractivity contribution in [3.63, 3.8) is 0 Å². The summed E-state index contributed by atoms with van der Waals surface area (Å²) in [5.74, 6) is 2.24. The van der Waals surface area contributed by atoms with Crippen LogP contribution in [0.3, 0.4) is 0 Å². The Morgan fingerprint density at radius 1 is 0.893 bits per heavy atom. The van der Waals surface area contributed by atoms with Gasteiger partial charge in [-0.05, 0) is 47.4 Å². The van der Waals surface area contributed by atoms with Crippen LogP contribution in [0.5, 0.6) is 23.0 Å². The topological polar surface area (TPSA) is 66.0 Å². The Morgan fingerprint density at radius 2 is 1.61 bits per heavy atom. The van der Waals surface area contributed by atoms with Gasteiger partial charge in [-0.15, -0.1) is 0 Å². The number of ether oxygens (including phenoxy) is 4. The predicted octanol–water partition coefficient (Wildman–Crippen LogP) is 4.23. The van der Waals surface area contributed by atoms with Gasteiger partial charge in [-0.3, -0.25) is 9.63 Å². The van der Waals surface area contributed by atoms with E-state index in [-0.39, 0.29) is 5.78 Å². The summed E-state index contributed by atoms with van der Waals surface area (Å²) in [6, 6.07) is 7.39. The van der Waals surface area contributed by atoms with Gasteiger partial charge in [-0.1, -0.05) is 6.07 Å². The molecule has 0 amide bonds. The first-order chi connectivity index (χ1) is 13.6. The summed E-state index contributed by atoms with van der Waals surface area (Å²) >= 11 is 5.84. The number of hydrogen-bond acceptors (Lipinski definition) is 6. The third-order valence-electron chi connectivity index (χ3n) is 4.76. The van der Waals surface area contributed by atoms with Crippen molar-refractivity contribution in [2.75, 3.05) is 33.3 Å². The van der Waals surface area contributed by atoms with Gasteiger partial charge in [0.15, 0.2) is 17.3 Å². The fourth-order valence-electron chi connectivity index (χ4n) is 3.45. The van der Waals surface area contributed by atoms with Gasteiger partial charge < -0.3 is 18.9 Å². The molecular weight excluding hydrogens is 382 g/mol. The second-order valence-electron chi connectivity index (χ2n) is 6.21. The van der Waals surface area contributed by atoms with Gasteiger partial charge in [0.1, 0.15) is 5.75 Å². The third-order valence-corrected chi connectivity index (χ3v) is 4.97. The zero-order valence-electron chi connectivity index (χ0n) is 16.2. The molecule has 0 bridgehead atoms. The molecule has 1 N–H and O–H groups in total. The molecule has 0 atom stereocenters. The van der Waals surface area contributed by atoms with Crippen LogP contribution in [0.2, 0.25) is 0 Å². The number of nitrogens with one attached hydrogen (secondary N) is 1. The second kappa shape index (κ2) is 8.44. The number of ketones is 1. The minimum absolute atomic E-state index is 0.0300. The van der Waals surface area contributed by atoms with Crippen molar-refractivity contribution in [2.24, 2.45) is 0 Å². The van der Waals surface area contributed by atoms with Gasteiger partial charge in [0.2, 0.25) is 5.75 Å². The number of rotatable bonds is 6. The number of fused-ring (bicyclic) bond motifs is 1. The summed E-state index contributed by atoms with van der Waals surface area (Å²) in [6.07, 6.45) is 2.56. The van der Waals surface area contributed by atoms with Crippen molar-refractivity contribution in [3.05, 3.63) is 47.0 Å². The van der Waals surface area contributed by atoms with Crippen molar-refractivity contribution in [1.29, 1.82) is 0 Å². The van der Waals surface area contributed by atoms with Crippen LogP contribution in [0.25, 0.3) is 5.57 Å². The van der Waals surface area contributed by atoms with E-state index in [1.165, 1.54) is 0 Å². The maximum Gasteiger partial charge on any atom is 0.203 e. The van der Waals surface area contributed by atoms with Gasteiger partial charge in [0.05, 0.1) is 34.1 Å². The summed E-state index contributed by atoms with van der Waals surface area (Å²) < 4.78 is 22.0. The maximum atomic E-state index is 12.5. The van der Waals surface area contributed by atoms with E-state index in [1.807, 2.05) is 18.2 Å². The molecule has 28 heavy (non-hydrogen) atoms. The molecular formula is C21H22ClNO5. The van der Waals surface area contributed by atoms with Crippen molar-refractivity contribution < 1.29 is 23.7 Å². The predicted molar refractivity (Wildman–Crippen MR) is 109 cm³/mol. The number of benzene rings is 2. The molecule has 0 unspecified atom stereocenters. The molecule has 1 aliphatic rings. The molecule has 0 aromatic heterocycles. The van der Waals surface area contributed by atoms with Crippen LogP contribution in [0.4, 0.5) is 5.69 Å². The van der Waals surface area contributed by atoms with Crippen LogP contribution in [0.15, 0.2) is 30.3 Å². The van der Waals surface area contributed by atoms with Crippen LogP contribution < -0.4 is 23.8 Å². The molecule has 0 saturated heterocycles. The van der Waals surface area contributed by atoms with Gasteiger partial charge in [0, 0.05) is 23.8 Å². The van der Waals surface area contributed by atoms with E-state index in [0.29, 0.717) is 41.5 Å². The van der Waals surface area contributed by atoms with Gasteiger partial charge >= 0.3 is 0 Å². The molecule has 0 radical (unpaired) electrons. The Morgan fingerprint density at radius 3 is 2.21 bits per heavy atom. The summed E-state index contributed by atoms with van der Waals surface area (Å²) in [4.78, 5) is 15.1. The molecule has 0 heterocycles. The molecule has 3 rings (SSSR count). The molecule has 148 valence electrons. The quantitative estimate of drug-likeness (QED) is 0.728. The number of allylic oxidation sites excluding steroid dienone is 1. The third kappa shape index (κ3) is 3.47. The van der Waals surface area contributed by atoms with Gasteiger partial charge in [-0.25, -0.2) is 0 Å². The van der Waals surface area contributed by atoms with Crippen molar-refractivity contribution >= 4 is 28.8 Å².